The van der Waals surface area contributed by atoms with Gasteiger partial charge in [-0.05, 0) is 5.56 Å². The number of carbonyl (C=O) groups is 1. The molecule has 0 radical (unpaired) electrons. The highest BCUT2D eigenvalue weighted by Gasteiger charge is 2.29. The lowest BCUT2D eigenvalue weighted by Gasteiger charge is -2.34. The fraction of sp³-hybridized carbons (Fsp3) is 0.267. The van der Waals surface area contributed by atoms with E-state index in [0.717, 1.165) is 17.0 Å². The van der Waals surface area contributed by atoms with E-state index in [1.807, 2.05) is 30.3 Å². The molecule has 2 heterocycles. The molecule has 3 N–H and O–H groups in total. The molecule has 0 amide bonds. The van der Waals surface area contributed by atoms with E-state index >= 15 is 0 Å². The zero-order chi connectivity index (χ0) is 14.7. The summed E-state index contributed by atoms with van der Waals surface area (Å²) < 4.78 is 0. The molecule has 2 aliphatic rings. The Balaban J connectivity index is 0.00000176. The molecule has 0 saturated heterocycles. The minimum absolute atomic E-state index is 0. The molecule has 7 heteroatoms. The molecule has 0 saturated carbocycles. The molecule has 0 spiro atoms. The summed E-state index contributed by atoms with van der Waals surface area (Å²) in [5, 5.41) is 16.9. The first-order valence-corrected chi connectivity index (χ1v) is 6.81. The highest BCUT2D eigenvalue weighted by atomic mass is 35.5. The third-order valence-electron chi connectivity index (χ3n) is 3.52. The molecule has 1 unspecified atom stereocenters. The number of carboxylic acid groups (broad SMARTS) is 1. The molecule has 2 aliphatic heterocycles. The second-order valence-corrected chi connectivity index (χ2v) is 4.95. The smallest absolute Gasteiger partial charge is 0.321 e. The zero-order valence-electron chi connectivity index (χ0n) is 11.9. The Labute approximate surface area is 134 Å². The van der Waals surface area contributed by atoms with Gasteiger partial charge in [0, 0.05) is 25.4 Å². The molecule has 3 rings (SSSR count). The van der Waals surface area contributed by atoms with Crippen LogP contribution in [-0.4, -0.2) is 28.7 Å². The van der Waals surface area contributed by atoms with Crippen molar-refractivity contribution in [3.63, 3.8) is 0 Å². The quantitative estimate of drug-likeness (QED) is 0.781. The van der Waals surface area contributed by atoms with Crippen LogP contribution in [0.15, 0.2) is 54.1 Å². The summed E-state index contributed by atoms with van der Waals surface area (Å²) in [6.07, 6.45) is 3.94. The number of carboxylic acids is 1. The Kier molecular flexibility index (Phi) is 5.43. The van der Waals surface area contributed by atoms with Crippen LogP contribution in [0.25, 0.3) is 0 Å². The van der Waals surface area contributed by atoms with Gasteiger partial charge in [0.05, 0.1) is 11.4 Å². The largest absolute Gasteiger partial charge is 0.480 e. The molecule has 118 valence electrons. The van der Waals surface area contributed by atoms with Crippen LogP contribution in [0.2, 0.25) is 0 Å². The second-order valence-electron chi connectivity index (χ2n) is 4.95. The Morgan fingerprint density at radius 2 is 2.14 bits per heavy atom. The van der Waals surface area contributed by atoms with Crippen molar-refractivity contribution in [2.45, 2.75) is 19.1 Å². The number of nitrogens with one attached hydrogen (secondary N) is 2. The van der Waals surface area contributed by atoms with E-state index in [1.165, 1.54) is 0 Å². The fourth-order valence-electron chi connectivity index (χ4n) is 2.38. The number of nitrogens with zero attached hydrogens (tertiary/aromatic N) is 1. The Morgan fingerprint density at radius 3 is 2.86 bits per heavy atom. The first-order chi connectivity index (χ1) is 10.2. The van der Waals surface area contributed by atoms with E-state index in [9.17, 15) is 4.79 Å². The van der Waals surface area contributed by atoms with Crippen LogP contribution in [0.4, 0.5) is 0 Å². The zero-order valence-corrected chi connectivity index (χ0v) is 12.7. The minimum atomic E-state index is -0.848. The van der Waals surface area contributed by atoms with Crippen LogP contribution in [0.5, 0.6) is 0 Å². The van der Waals surface area contributed by atoms with E-state index in [-0.39, 0.29) is 12.4 Å². The maximum atomic E-state index is 11.1. The summed E-state index contributed by atoms with van der Waals surface area (Å²) >= 11 is 0. The monoisotopic (exact) mass is 323 g/mol. The van der Waals surface area contributed by atoms with Crippen LogP contribution in [0.1, 0.15) is 12.0 Å². The van der Waals surface area contributed by atoms with Crippen molar-refractivity contribution >= 4 is 18.4 Å². The predicted octanol–water partition coefficient (Wildman–Crippen LogP) is 1.57. The highest BCUT2D eigenvalue weighted by Crippen LogP contribution is 2.23. The number of rotatable bonds is 4. The van der Waals surface area contributed by atoms with E-state index in [0.29, 0.717) is 19.6 Å². The van der Waals surface area contributed by atoms with E-state index in [1.54, 1.807) is 17.5 Å². The number of hydrogen-bond donors (Lipinski definition) is 3. The van der Waals surface area contributed by atoms with Crippen LogP contribution < -0.4 is 10.6 Å². The van der Waals surface area contributed by atoms with Gasteiger partial charge in [-0.15, -0.1) is 12.4 Å². The van der Waals surface area contributed by atoms with Crippen LogP contribution >= 0.6 is 12.4 Å². The fourth-order valence-corrected chi connectivity index (χ4v) is 2.38. The number of halogens is 1. The van der Waals surface area contributed by atoms with Crippen molar-refractivity contribution in [3.05, 3.63) is 59.7 Å². The summed E-state index contributed by atoms with van der Waals surface area (Å²) in [5.41, 5.74) is 2.87. The van der Waals surface area contributed by atoms with Crippen molar-refractivity contribution in [2.75, 3.05) is 6.54 Å². The van der Waals surface area contributed by atoms with Crippen LogP contribution in [-0.2, 0) is 16.2 Å². The van der Waals surface area contributed by atoms with Gasteiger partial charge in [0.15, 0.2) is 0 Å². The SMILES string of the molecule is Cl.O=C(O)C1CC2=C(CN1)NC=CN2OCc1ccccc1. The van der Waals surface area contributed by atoms with Crippen molar-refractivity contribution < 1.29 is 14.7 Å². The van der Waals surface area contributed by atoms with Gasteiger partial charge >= 0.3 is 5.97 Å². The van der Waals surface area contributed by atoms with E-state index in [4.69, 9.17) is 9.94 Å². The van der Waals surface area contributed by atoms with Gasteiger partial charge < -0.3 is 10.4 Å². The third kappa shape index (κ3) is 3.59. The first kappa shape index (κ1) is 16.4. The maximum Gasteiger partial charge on any atom is 0.321 e. The first-order valence-electron chi connectivity index (χ1n) is 6.81. The molecule has 1 aromatic rings. The van der Waals surface area contributed by atoms with E-state index in [2.05, 4.69) is 10.6 Å². The molecule has 0 fully saturated rings. The van der Waals surface area contributed by atoms with Crippen LogP contribution in [0, 0.1) is 0 Å². The van der Waals surface area contributed by atoms with Crippen molar-refractivity contribution in [1.82, 2.24) is 15.7 Å². The summed E-state index contributed by atoms with van der Waals surface area (Å²) in [4.78, 5) is 16.9. The van der Waals surface area contributed by atoms with Crippen molar-refractivity contribution in [3.8, 4) is 0 Å². The van der Waals surface area contributed by atoms with Crippen molar-refractivity contribution in [2.24, 2.45) is 0 Å². The average molecular weight is 324 g/mol. The predicted molar refractivity (Wildman–Crippen MR) is 83.7 cm³/mol. The number of hydroxylamine groups is 2. The standard InChI is InChI=1S/C15H17N3O3.ClH/c19-15(20)12-8-14-13(9-17-12)16-6-7-18(14)21-10-11-4-2-1-3-5-11;/h1-7,12,16-17H,8-10H2,(H,19,20);1H. The molecule has 0 bridgehead atoms. The number of hydrogen-bond acceptors (Lipinski definition) is 5. The lowest BCUT2D eigenvalue weighted by Crippen LogP contribution is -2.47. The Hall–Kier alpha value is -2.02. The normalized spacial score (nSPS) is 20.0. The summed E-state index contributed by atoms with van der Waals surface area (Å²) in [5.74, 6) is -0.848. The van der Waals surface area contributed by atoms with Gasteiger partial charge in [0.25, 0.3) is 0 Å². The lowest BCUT2D eigenvalue weighted by molar-refractivity contribution is -0.141. The molecular weight excluding hydrogens is 306 g/mol. The van der Waals surface area contributed by atoms with Gasteiger partial charge in [0.2, 0.25) is 0 Å². The van der Waals surface area contributed by atoms with Crippen molar-refractivity contribution in [1.29, 1.82) is 0 Å². The topological polar surface area (TPSA) is 73.8 Å². The molecule has 1 aromatic carbocycles. The van der Waals surface area contributed by atoms with Gasteiger partial charge in [-0.25, -0.2) is 5.06 Å². The molecule has 22 heavy (non-hydrogen) atoms. The summed E-state index contributed by atoms with van der Waals surface area (Å²) in [6.45, 7) is 0.926. The minimum Gasteiger partial charge on any atom is -0.480 e. The molecular formula is C15H18ClN3O3. The van der Waals surface area contributed by atoms with E-state index < -0.39 is 12.0 Å². The molecule has 6 nitrogen and oxygen atoms in total. The Morgan fingerprint density at radius 1 is 1.36 bits per heavy atom. The third-order valence-corrected chi connectivity index (χ3v) is 3.52. The molecule has 0 aromatic heterocycles. The van der Waals surface area contributed by atoms with Gasteiger partial charge in [-0.1, -0.05) is 30.3 Å². The summed E-state index contributed by atoms with van der Waals surface area (Å²) in [7, 11) is 0. The number of benzene rings is 1. The van der Waals surface area contributed by atoms with Crippen LogP contribution in [0.3, 0.4) is 0 Å². The summed E-state index contributed by atoms with van der Waals surface area (Å²) in [6, 6.07) is 9.27. The lowest BCUT2D eigenvalue weighted by atomic mass is 10.0. The van der Waals surface area contributed by atoms with Gasteiger partial charge in [-0.2, -0.15) is 0 Å². The highest BCUT2D eigenvalue weighted by molar-refractivity contribution is 5.85. The number of aliphatic carboxylic acids is 1. The Bertz CT molecular complexity index is 589. The molecule has 1 atom stereocenters. The second kappa shape index (κ2) is 7.31. The maximum absolute atomic E-state index is 11.1. The van der Waals surface area contributed by atoms with Gasteiger partial charge in [-0.3, -0.25) is 14.9 Å². The average Bonchev–Trinajstić information content (AvgIpc) is 2.53. The molecule has 0 aliphatic carbocycles. The van der Waals surface area contributed by atoms with Gasteiger partial charge in [0.1, 0.15) is 12.6 Å².